The average molecular weight is 270 g/mol. The molecule has 5 heteroatoms. The number of benzene rings is 1. The highest BCUT2D eigenvalue weighted by atomic mass is 35.5. The molecule has 0 bridgehead atoms. The van der Waals surface area contributed by atoms with Gasteiger partial charge in [-0.15, -0.1) is 0 Å². The number of nitrogens with zero attached hydrogens (tertiary/aromatic N) is 1. The number of H-pyrrole nitrogens is 1. The number of hydrogen-bond donors (Lipinski definition) is 2. The van der Waals surface area contributed by atoms with Crippen molar-refractivity contribution < 1.29 is 0 Å². The number of aromatic amines is 1. The van der Waals surface area contributed by atoms with Gasteiger partial charge in [-0.3, -0.25) is 0 Å². The fourth-order valence-corrected chi connectivity index (χ4v) is 2.68. The molecule has 1 aliphatic rings. The van der Waals surface area contributed by atoms with Gasteiger partial charge in [0.25, 0.3) is 0 Å². The summed E-state index contributed by atoms with van der Waals surface area (Å²) in [6, 6.07) is 3.63. The van der Waals surface area contributed by atoms with Crippen LogP contribution in [-0.4, -0.2) is 16.5 Å². The Morgan fingerprint density at radius 3 is 2.76 bits per heavy atom. The lowest BCUT2D eigenvalue weighted by atomic mass is 10.00. The predicted octanol–water partition coefficient (Wildman–Crippen LogP) is 3.47. The van der Waals surface area contributed by atoms with Gasteiger partial charge in [0.05, 0.1) is 26.6 Å². The van der Waals surface area contributed by atoms with E-state index in [-0.39, 0.29) is 5.54 Å². The predicted molar refractivity (Wildman–Crippen MR) is 70.7 cm³/mol. The first-order chi connectivity index (χ1) is 8.08. The second-order valence-corrected chi connectivity index (χ2v) is 5.55. The number of aromatic nitrogens is 2. The smallest absolute Gasteiger partial charge is 0.127 e. The molecule has 2 heterocycles. The van der Waals surface area contributed by atoms with Gasteiger partial charge >= 0.3 is 0 Å². The van der Waals surface area contributed by atoms with Crippen molar-refractivity contribution in [3.8, 4) is 0 Å². The molecule has 3 nitrogen and oxygen atoms in total. The van der Waals surface area contributed by atoms with Crippen molar-refractivity contribution >= 4 is 34.2 Å². The zero-order valence-electron chi connectivity index (χ0n) is 9.48. The molecule has 0 saturated carbocycles. The SMILES string of the molecule is CC1(c2nc3cc(Cl)c(Cl)cc3[nH]2)CCCN1. The Hall–Kier alpha value is -0.770. The van der Waals surface area contributed by atoms with Gasteiger partial charge in [0.2, 0.25) is 0 Å². The fourth-order valence-electron chi connectivity index (χ4n) is 2.36. The van der Waals surface area contributed by atoms with Crippen molar-refractivity contribution in [2.45, 2.75) is 25.3 Å². The van der Waals surface area contributed by atoms with Gasteiger partial charge in [-0.1, -0.05) is 23.2 Å². The summed E-state index contributed by atoms with van der Waals surface area (Å²) in [6.07, 6.45) is 2.27. The number of hydrogen-bond acceptors (Lipinski definition) is 2. The number of fused-ring (bicyclic) bond motifs is 1. The first kappa shape index (κ1) is 11.3. The highest BCUT2D eigenvalue weighted by molar-refractivity contribution is 6.42. The molecule has 0 spiro atoms. The number of halogens is 2. The van der Waals surface area contributed by atoms with Crippen molar-refractivity contribution in [3.05, 3.63) is 28.0 Å². The van der Waals surface area contributed by atoms with E-state index in [1.54, 1.807) is 6.07 Å². The summed E-state index contributed by atoms with van der Waals surface area (Å²) < 4.78 is 0. The summed E-state index contributed by atoms with van der Waals surface area (Å²) in [5.41, 5.74) is 1.74. The minimum atomic E-state index is -0.0576. The maximum absolute atomic E-state index is 6.00. The van der Waals surface area contributed by atoms with Gasteiger partial charge < -0.3 is 10.3 Å². The van der Waals surface area contributed by atoms with Gasteiger partial charge in [-0.2, -0.15) is 0 Å². The van der Waals surface area contributed by atoms with Gasteiger partial charge in [0.1, 0.15) is 5.82 Å². The quantitative estimate of drug-likeness (QED) is 0.833. The van der Waals surface area contributed by atoms with E-state index in [1.807, 2.05) is 6.07 Å². The molecule has 1 saturated heterocycles. The number of imidazole rings is 1. The third-order valence-corrected chi connectivity index (χ3v) is 4.14. The van der Waals surface area contributed by atoms with Crippen LogP contribution in [0.4, 0.5) is 0 Å². The van der Waals surface area contributed by atoms with E-state index in [9.17, 15) is 0 Å². The molecule has 1 aromatic heterocycles. The molecule has 0 amide bonds. The van der Waals surface area contributed by atoms with Gasteiger partial charge in [-0.25, -0.2) is 4.98 Å². The normalized spacial score (nSPS) is 24.6. The Balaban J connectivity index is 2.13. The standard InChI is InChI=1S/C12H13Cl2N3/c1-12(3-2-4-15-12)11-16-9-5-7(13)8(14)6-10(9)17-11/h5-6,15H,2-4H2,1H3,(H,16,17). The van der Waals surface area contributed by atoms with Gasteiger partial charge in [0.15, 0.2) is 0 Å². The molecule has 0 aliphatic carbocycles. The second-order valence-electron chi connectivity index (χ2n) is 4.73. The van der Waals surface area contributed by atoms with Crippen LogP contribution in [0.1, 0.15) is 25.6 Å². The highest BCUT2D eigenvalue weighted by Crippen LogP contribution is 2.32. The summed E-state index contributed by atoms with van der Waals surface area (Å²) in [6.45, 7) is 3.20. The molecule has 3 rings (SSSR count). The minimum Gasteiger partial charge on any atom is -0.340 e. The summed E-state index contributed by atoms with van der Waals surface area (Å²) >= 11 is 12.0. The summed E-state index contributed by atoms with van der Waals surface area (Å²) in [5.74, 6) is 0.961. The lowest BCUT2D eigenvalue weighted by molar-refractivity contribution is 0.412. The van der Waals surface area contributed by atoms with E-state index < -0.39 is 0 Å². The highest BCUT2D eigenvalue weighted by Gasteiger charge is 2.33. The van der Waals surface area contributed by atoms with Crippen molar-refractivity contribution in [2.24, 2.45) is 0 Å². The van der Waals surface area contributed by atoms with Crippen LogP contribution in [0.3, 0.4) is 0 Å². The van der Waals surface area contributed by atoms with E-state index in [1.165, 1.54) is 6.42 Å². The number of nitrogens with one attached hydrogen (secondary N) is 2. The first-order valence-corrected chi connectivity index (χ1v) is 6.44. The van der Waals surface area contributed by atoms with E-state index in [0.29, 0.717) is 10.0 Å². The van der Waals surface area contributed by atoms with Crippen LogP contribution in [0.15, 0.2) is 12.1 Å². The van der Waals surface area contributed by atoms with Crippen molar-refractivity contribution in [3.63, 3.8) is 0 Å². The molecular weight excluding hydrogens is 257 g/mol. The van der Waals surface area contributed by atoms with Crippen LogP contribution in [0.2, 0.25) is 10.0 Å². The third kappa shape index (κ3) is 1.82. The maximum atomic E-state index is 6.00. The lowest BCUT2D eigenvalue weighted by Crippen LogP contribution is -2.34. The first-order valence-electron chi connectivity index (χ1n) is 5.69. The molecule has 1 atom stereocenters. The molecule has 0 radical (unpaired) electrons. The summed E-state index contributed by atoms with van der Waals surface area (Å²) in [7, 11) is 0. The van der Waals surface area contributed by atoms with Crippen molar-refractivity contribution in [1.82, 2.24) is 15.3 Å². The topological polar surface area (TPSA) is 40.7 Å². The molecular formula is C12H13Cl2N3. The summed E-state index contributed by atoms with van der Waals surface area (Å²) in [5, 5.41) is 4.58. The lowest BCUT2D eigenvalue weighted by Gasteiger charge is -2.21. The minimum absolute atomic E-state index is 0.0576. The fraction of sp³-hybridized carbons (Fsp3) is 0.417. The Labute approximate surface area is 110 Å². The monoisotopic (exact) mass is 269 g/mol. The Bertz CT molecular complexity index is 531. The van der Waals surface area contributed by atoms with Crippen LogP contribution < -0.4 is 5.32 Å². The average Bonchev–Trinajstić information content (AvgIpc) is 2.87. The van der Waals surface area contributed by atoms with Crippen LogP contribution in [0, 0.1) is 0 Å². The molecule has 1 fully saturated rings. The summed E-state index contributed by atoms with van der Waals surface area (Å²) in [4.78, 5) is 7.94. The van der Waals surface area contributed by atoms with Crippen molar-refractivity contribution in [2.75, 3.05) is 6.54 Å². The van der Waals surface area contributed by atoms with E-state index in [2.05, 4.69) is 22.2 Å². The number of rotatable bonds is 1. The Morgan fingerprint density at radius 2 is 2.06 bits per heavy atom. The van der Waals surface area contributed by atoms with Crippen LogP contribution in [0.5, 0.6) is 0 Å². The van der Waals surface area contributed by atoms with E-state index in [4.69, 9.17) is 23.2 Å². The molecule has 2 aromatic rings. The molecule has 17 heavy (non-hydrogen) atoms. The van der Waals surface area contributed by atoms with Crippen LogP contribution in [-0.2, 0) is 5.54 Å². The van der Waals surface area contributed by atoms with Gasteiger partial charge in [-0.05, 0) is 38.4 Å². The molecule has 1 aliphatic heterocycles. The van der Waals surface area contributed by atoms with Gasteiger partial charge in [0, 0.05) is 0 Å². The second kappa shape index (κ2) is 3.87. The van der Waals surface area contributed by atoms with E-state index >= 15 is 0 Å². The Kier molecular flexibility index (Phi) is 2.58. The zero-order valence-corrected chi connectivity index (χ0v) is 11.0. The van der Waals surface area contributed by atoms with Crippen molar-refractivity contribution in [1.29, 1.82) is 0 Å². The van der Waals surface area contributed by atoms with Crippen LogP contribution in [0.25, 0.3) is 11.0 Å². The van der Waals surface area contributed by atoms with Crippen LogP contribution >= 0.6 is 23.2 Å². The maximum Gasteiger partial charge on any atom is 0.127 e. The molecule has 90 valence electrons. The molecule has 1 aromatic carbocycles. The molecule has 1 unspecified atom stereocenters. The third-order valence-electron chi connectivity index (χ3n) is 3.42. The Morgan fingerprint density at radius 1 is 1.29 bits per heavy atom. The largest absolute Gasteiger partial charge is 0.340 e. The zero-order chi connectivity index (χ0) is 12.0. The molecule has 2 N–H and O–H groups in total. The van der Waals surface area contributed by atoms with E-state index in [0.717, 1.165) is 29.8 Å².